The van der Waals surface area contributed by atoms with E-state index in [9.17, 15) is 42.6 Å². The summed E-state index contributed by atoms with van der Waals surface area (Å²) in [5, 5.41) is 35.6. The zero-order valence-electron chi connectivity index (χ0n) is 37.3. The van der Waals surface area contributed by atoms with E-state index in [1.807, 2.05) is 11.8 Å². The molecule has 3 aromatic rings. The SMILES string of the molecule is Cc1ccc(S(=O)(=O)OCCN2CCNC(=O)c3cccc(c3O)C(=O)NCCN(CCOCCOCCNC(=O)OC(C)(C)C)CCNC(=O)c3cccc(c3O)C(=O)NCC2)cc1. The van der Waals surface area contributed by atoms with Gasteiger partial charge in [0.1, 0.15) is 17.1 Å². The van der Waals surface area contributed by atoms with Crippen LogP contribution in [-0.4, -0.2) is 169 Å². The normalized spacial score (nSPS) is 15.8. The Morgan fingerprint density at radius 2 is 1.03 bits per heavy atom. The fourth-order valence-electron chi connectivity index (χ4n) is 6.29. The molecule has 0 aliphatic carbocycles. The molecule has 356 valence electrons. The van der Waals surface area contributed by atoms with Gasteiger partial charge in [-0.05, 0) is 64.1 Å². The largest absolute Gasteiger partial charge is 0.506 e. The number of benzene rings is 3. The van der Waals surface area contributed by atoms with Gasteiger partial charge in [-0.3, -0.25) is 33.2 Å². The number of hydrogen-bond acceptors (Lipinski definition) is 15. The minimum Gasteiger partial charge on any atom is -0.506 e. The molecule has 1 aliphatic heterocycles. The molecule has 1 aliphatic rings. The molecule has 7 N–H and O–H groups in total. The first-order valence-electron chi connectivity index (χ1n) is 21.2. The predicted molar refractivity (Wildman–Crippen MR) is 239 cm³/mol. The van der Waals surface area contributed by atoms with Crippen molar-refractivity contribution in [3.05, 3.63) is 88.5 Å². The van der Waals surface area contributed by atoms with Gasteiger partial charge in [0.25, 0.3) is 33.7 Å². The number of carbonyl (C=O) groups is 5. The van der Waals surface area contributed by atoms with Gasteiger partial charge in [0.15, 0.2) is 0 Å². The molecule has 0 aromatic heterocycles. The van der Waals surface area contributed by atoms with Crippen LogP contribution >= 0.6 is 0 Å². The molecule has 20 nitrogen and oxygen atoms in total. The van der Waals surface area contributed by atoms with E-state index in [2.05, 4.69) is 26.6 Å². The van der Waals surface area contributed by atoms with E-state index in [0.717, 1.165) is 5.56 Å². The summed E-state index contributed by atoms with van der Waals surface area (Å²) in [6.07, 6.45) is -0.539. The van der Waals surface area contributed by atoms with Crippen LogP contribution in [0.2, 0.25) is 0 Å². The number of amides is 5. The summed E-state index contributed by atoms with van der Waals surface area (Å²) in [6, 6.07) is 14.6. The number of fused-ring (bicyclic) bond motifs is 4. The van der Waals surface area contributed by atoms with Crippen LogP contribution in [0.15, 0.2) is 65.6 Å². The number of aryl methyl sites for hydroxylation is 1. The Morgan fingerprint density at radius 3 is 1.45 bits per heavy atom. The number of carbonyl (C=O) groups excluding carboxylic acids is 5. The predicted octanol–water partition coefficient (Wildman–Crippen LogP) is 1.61. The number of phenols is 2. The summed E-state index contributed by atoms with van der Waals surface area (Å²) < 4.78 is 47.4. The first-order valence-corrected chi connectivity index (χ1v) is 22.7. The van der Waals surface area contributed by atoms with Gasteiger partial charge in [-0.2, -0.15) is 8.42 Å². The van der Waals surface area contributed by atoms with Crippen molar-refractivity contribution in [2.24, 2.45) is 0 Å². The van der Waals surface area contributed by atoms with Gasteiger partial charge in [-0.25, -0.2) is 4.79 Å². The number of ether oxygens (including phenoxy) is 3. The van der Waals surface area contributed by atoms with Gasteiger partial charge in [0, 0.05) is 72.0 Å². The van der Waals surface area contributed by atoms with Gasteiger partial charge in [0.2, 0.25) is 0 Å². The number of rotatable bonds is 14. The second-order valence-corrected chi connectivity index (χ2v) is 17.5. The maximum Gasteiger partial charge on any atom is 0.407 e. The summed E-state index contributed by atoms with van der Waals surface area (Å²) >= 11 is 0. The second kappa shape index (κ2) is 25.6. The molecule has 0 saturated heterocycles. The number of hydrogen-bond donors (Lipinski definition) is 7. The van der Waals surface area contributed by atoms with Gasteiger partial charge in [-0.1, -0.05) is 29.8 Å². The van der Waals surface area contributed by atoms with Crippen molar-refractivity contribution in [3.63, 3.8) is 0 Å². The number of alkyl carbamates (subject to hydrolysis) is 1. The van der Waals surface area contributed by atoms with Crippen LogP contribution in [0.25, 0.3) is 0 Å². The molecule has 1 heterocycles. The molecule has 4 rings (SSSR count). The molecule has 4 bridgehead atoms. The van der Waals surface area contributed by atoms with Crippen LogP contribution in [-0.2, 0) is 28.5 Å². The number of aromatic hydroxyl groups is 2. The van der Waals surface area contributed by atoms with Crippen LogP contribution < -0.4 is 26.6 Å². The standard InChI is InChI=1S/C44H61N7O13S/c1-31-11-13-32(14-12-31)65(59,60)63-28-25-51-22-17-47-41(56)35-9-5-7-33(37(35)52)39(54)45-15-20-50(24-27-62-30-29-61-26-19-49-43(58)64-44(2,3)4)21-16-46-40(55)34-8-6-10-36(38(34)53)42(57)48-18-23-51/h5-14,52-53H,15-30H2,1-4H3,(H,45,54)(H,46,55)(H,47,56)(H,48,57)(H,49,58). The zero-order chi connectivity index (χ0) is 47.4. The maximum atomic E-state index is 13.3. The van der Waals surface area contributed by atoms with Gasteiger partial charge < -0.3 is 51.0 Å². The van der Waals surface area contributed by atoms with E-state index in [-0.39, 0.29) is 113 Å². The molecule has 0 radical (unpaired) electrons. The molecule has 0 spiro atoms. The highest BCUT2D eigenvalue weighted by Gasteiger charge is 2.22. The third kappa shape index (κ3) is 17.6. The topological polar surface area (TPSA) is 263 Å². The van der Waals surface area contributed by atoms with Crippen LogP contribution in [0.1, 0.15) is 67.8 Å². The van der Waals surface area contributed by atoms with Crippen LogP contribution in [0, 0.1) is 6.92 Å². The Bertz CT molecular complexity index is 2090. The first-order chi connectivity index (χ1) is 30.9. The van der Waals surface area contributed by atoms with Gasteiger partial charge in [0.05, 0.1) is 60.2 Å². The molecule has 21 heteroatoms. The maximum absolute atomic E-state index is 13.3. The summed E-state index contributed by atoms with van der Waals surface area (Å²) in [7, 11) is -4.08. The lowest BCUT2D eigenvalue weighted by atomic mass is 10.1. The van der Waals surface area contributed by atoms with Crippen molar-refractivity contribution < 1.29 is 61.0 Å². The fraction of sp³-hybridized carbons (Fsp3) is 0.477. The number of nitrogens with one attached hydrogen (secondary N) is 5. The minimum atomic E-state index is -4.08. The van der Waals surface area contributed by atoms with E-state index in [0.29, 0.717) is 19.6 Å². The Labute approximate surface area is 379 Å². The smallest absolute Gasteiger partial charge is 0.407 e. The summed E-state index contributed by atoms with van der Waals surface area (Å²) in [4.78, 5) is 68.5. The highest BCUT2D eigenvalue weighted by Crippen LogP contribution is 2.24. The number of phenolic OH excluding ortho intramolecular Hbond substituents is 2. The lowest BCUT2D eigenvalue weighted by Gasteiger charge is -2.23. The van der Waals surface area contributed by atoms with Crippen LogP contribution in [0.4, 0.5) is 4.79 Å². The van der Waals surface area contributed by atoms with Crippen LogP contribution in [0.3, 0.4) is 0 Å². The third-order valence-electron chi connectivity index (χ3n) is 9.70. The van der Waals surface area contributed by atoms with Crippen molar-refractivity contribution in [3.8, 4) is 11.5 Å². The lowest BCUT2D eigenvalue weighted by molar-refractivity contribution is 0.0346. The number of para-hydroxylation sites is 2. The van der Waals surface area contributed by atoms with Crippen molar-refractivity contribution in [2.75, 3.05) is 105 Å². The molecule has 0 unspecified atom stereocenters. The van der Waals surface area contributed by atoms with E-state index in [1.54, 1.807) is 37.8 Å². The Kier molecular flexibility index (Phi) is 20.4. The average Bonchev–Trinajstić information content (AvgIpc) is 3.24. The molecular weight excluding hydrogens is 867 g/mol. The van der Waals surface area contributed by atoms with Crippen LogP contribution in [0.5, 0.6) is 11.5 Å². The van der Waals surface area contributed by atoms with Gasteiger partial charge >= 0.3 is 6.09 Å². The second-order valence-electron chi connectivity index (χ2n) is 15.9. The monoisotopic (exact) mass is 927 g/mol. The molecule has 0 saturated carbocycles. The summed E-state index contributed by atoms with van der Waals surface area (Å²) in [5.74, 6) is -3.62. The summed E-state index contributed by atoms with van der Waals surface area (Å²) in [5.41, 5.74) is -0.260. The molecule has 3 aromatic carbocycles. The molecule has 5 amide bonds. The lowest BCUT2D eigenvalue weighted by Crippen LogP contribution is -2.41. The van der Waals surface area contributed by atoms with Gasteiger partial charge in [-0.15, -0.1) is 0 Å². The first kappa shape index (κ1) is 51.8. The summed E-state index contributed by atoms with van der Waals surface area (Å²) in [6.45, 7) is 9.77. The molecular formula is C44H61N7O13S. The molecule has 65 heavy (non-hydrogen) atoms. The van der Waals surface area contributed by atoms with Crippen molar-refractivity contribution >= 4 is 39.8 Å². The van der Waals surface area contributed by atoms with Crippen molar-refractivity contribution in [1.82, 2.24) is 36.4 Å². The van der Waals surface area contributed by atoms with Crippen molar-refractivity contribution in [1.29, 1.82) is 0 Å². The zero-order valence-corrected chi connectivity index (χ0v) is 38.1. The Morgan fingerprint density at radius 1 is 0.631 bits per heavy atom. The van der Waals surface area contributed by atoms with Crippen molar-refractivity contribution in [2.45, 2.75) is 38.2 Å². The van der Waals surface area contributed by atoms with E-state index in [4.69, 9.17) is 18.4 Å². The highest BCUT2D eigenvalue weighted by atomic mass is 32.2. The van der Waals surface area contributed by atoms with E-state index < -0.39 is 56.9 Å². The fourth-order valence-corrected chi connectivity index (χ4v) is 7.19. The molecule has 0 atom stereocenters. The highest BCUT2D eigenvalue weighted by molar-refractivity contribution is 7.86. The Hall–Kier alpha value is -5.84. The Balaban J connectivity index is 1.41. The average molecular weight is 928 g/mol. The van der Waals surface area contributed by atoms with E-state index >= 15 is 0 Å². The minimum absolute atomic E-state index is 0.00987. The quantitative estimate of drug-likeness (QED) is 0.0895. The van der Waals surface area contributed by atoms with E-state index in [1.165, 1.54) is 48.5 Å². The third-order valence-corrected chi connectivity index (χ3v) is 11.0. The molecule has 0 fully saturated rings. The number of nitrogens with zero attached hydrogens (tertiary/aromatic N) is 2.